The molecule has 2 aliphatic heterocycles. The summed E-state index contributed by atoms with van der Waals surface area (Å²) in [5, 5.41) is 22.7. The van der Waals surface area contributed by atoms with Gasteiger partial charge in [0.2, 0.25) is 0 Å². The van der Waals surface area contributed by atoms with Crippen molar-refractivity contribution in [3.8, 4) is 0 Å². The number of carbonyl (C=O) groups excluding carboxylic acids is 2. The Hall–Kier alpha value is -1.13. The molecule has 146 valence electrons. The topological polar surface area (TPSA) is 135 Å². The van der Waals surface area contributed by atoms with Crippen molar-refractivity contribution in [2.45, 2.75) is 24.5 Å². The minimum absolute atomic E-state index is 0.0140. The van der Waals surface area contributed by atoms with Crippen molar-refractivity contribution in [3.05, 3.63) is 23.9 Å². The number of rotatable bonds is 6. The third-order valence-corrected chi connectivity index (χ3v) is 4.68. The summed E-state index contributed by atoms with van der Waals surface area (Å²) in [6.45, 7) is -0.419. The molecule has 2 rings (SSSR count). The third-order valence-electron chi connectivity index (χ3n) is 3.64. The fraction of sp³-hybridized carbons (Fsp3) is 0.538. The highest BCUT2D eigenvalue weighted by atomic mass is 35.9. The van der Waals surface area contributed by atoms with E-state index >= 15 is 0 Å². The molecule has 26 heavy (non-hydrogen) atoms. The van der Waals surface area contributed by atoms with Crippen molar-refractivity contribution < 1.29 is 38.4 Å². The fourth-order valence-electron chi connectivity index (χ4n) is 2.36. The molecule has 1 amide bonds. The van der Waals surface area contributed by atoms with Crippen LogP contribution in [-0.4, -0.2) is 71.9 Å². The second-order valence-corrected chi connectivity index (χ2v) is 9.65. The Kier molecular flexibility index (Phi) is 7.09. The van der Waals surface area contributed by atoms with Gasteiger partial charge >= 0.3 is 12.0 Å². The number of hydrogen-bond acceptors (Lipinski definition) is 9. The van der Waals surface area contributed by atoms with E-state index in [0.717, 1.165) is 6.08 Å². The lowest BCUT2D eigenvalue weighted by Gasteiger charge is -2.32. The van der Waals surface area contributed by atoms with Crippen LogP contribution in [0.1, 0.15) is 0 Å². The maximum atomic E-state index is 11.8. The molecule has 0 aromatic heterocycles. The Morgan fingerprint density at radius 1 is 1.50 bits per heavy atom. The average molecular weight is 431 g/mol. The predicted molar refractivity (Wildman–Crippen MR) is 90.0 cm³/mol. The van der Waals surface area contributed by atoms with Crippen LogP contribution in [0.5, 0.6) is 0 Å². The summed E-state index contributed by atoms with van der Waals surface area (Å²) in [6, 6.07) is 0. The van der Waals surface area contributed by atoms with Crippen LogP contribution in [0.4, 0.5) is 0 Å². The molecule has 0 aromatic rings. The average Bonchev–Trinajstić information content (AvgIpc) is 2.86. The Balaban J connectivity index is 2.10. The Morgan fingerprint density at radius 2 is 2.19 bits per heavy atom. The molecule has 0 bridgehead atoms. The molecular formula is C13H17Cl2N2O8P. The highest BCUT2D eigenvalue weighted by molar-refractivity contribution is 8.05. The first kappa shape index (κ1) is 21.2. The first-order valence-electron chi connectivity index (χ1n) is 7.29. The number of ether oxygens (including phenoxy) is 2. The number of aliphatic hydroxyl groups excluding tert-OH is 2. The standard InChI is InChI=1S/C13H17Cl2N2O8P/c1-23-9(18)3-2-7-4-17(6-16-12(7)21)13-11(20)10(19)8(25-13)5-24-26(14,15)22/h2-4,8,10-11,13,19-20H,5-6H2,1H3,(H,16,21). The molecule has 10 nitrogen and oxygen atoms in total. The van der Waals surface area contributed by atoms with Crippen LogP contribution in [0.2, 0.25) is 0 Å². The van der Waals surface area contributed by atoms with Crippen LogP contribution in [0.25, 0.3) is 0 Å². The van der Waals surface area contributed by atoms with Gasteiger partial charge in [0.1, 0.15) is 18.3 Å². The van der Waals surface area contributed by atoms with Crippen molar-refractivity contribution in [2.24, 2.45) is 0 Å². The van der Waals surface area contributed by atoms with Gasteiger partial charge in [-0.2, -0.15) is 0 Å². The highest BCUT2D eigenvalue weighted by Gasteiger charge is 2.46. The second-order valence-electron chi connectivity index (χ2n) is 5.38. The quantitative estimate of drug-likeness (QED) is 0.303. The number of methoxy groups -OCH3 is 1. The Bertz CT molecular complexity index is 667. The molecule has 0 aliphatic carbocycles. The Labute approximate surface area is 158 Å². The van der Waals surface area contributed by atoms with Crippen LogP contribution >= 0.6 is 28.6 Å². The lowest BCUT2D eigenvalue weighted by atomic mass is 10.1. The lowest BCUT2D eigenvalue weighted by Crippen LogP contribution is -2.49. The van der Waals surface area contributed by atoms with Gasteiger partial charge in [0, 0.05) is 12.3 Å². The van der Waals surface area contributed by atoms with E-state index < -0.39 is 49.1 Å². The summed E-state index contributed by atoms with van der Waals surface area (Å²) in [5.41, 5.74) is 0.109. The van der Waals surface area contributed by atoms with Crippen molar-refractivity contribution in [2.75, 3.05) is 20.4 Å². The van der Waals surface area contributed by atoms with E-state index in [-0.39, 0.29) is 12.2 Å². The van der Waals surface area contributed by atoms with Crippen molar-refractivity contribution in [3.63, 3.8) is 0 Å². The van der Waals surface area contributed by atoms with E-state index in [1.54, 1.807) is 0 Å². The first-order chi connectivity index (χ1) is 12.1. The zero-order chi connectivity index (χ0) is 19.5. The van der Waals surface area contributed by atoms with E-state index in [2.05, 4.69) is 10.1 Å². The Morgan fingerprint density at radius 3 is 2.81 bits per heavy atom. The number of nitrogens with one attached hydrogen (secondary N) is 1. The van der Waals surface area contributed by atoms with Gasteiger partial charge in [-0.3, -0.25) is 9.36 Å². The van der Waals surface area contributed by atoms with E-state index in [1.165, 1.54) is 24.3 Å². The number of aliphatic hydroxyl groups is 2. The van der Waals surface area contributed by atoms with Crippen molar-refractivity contribution in [1.82, 2.24) is 10.2 Å². The summed E-state index contributed by atoms with van der Waals surface area (Å²) >= 11 is 10.5. The monoisotopic (exact) mass is 430 g/mol. The highest BCUT2D eigenvalue weighted by Crippen LogP contribution is 2.57. The largest absolute Gasteiger partial charge is 0.466 e. The molecule has 2 heterocycles. The molecule has 0 spiro atoms. The van der Waals surface area contributed by atoms with Crippen LogP contribution in [0.15, 0.2) is 23.9 Å². The molecule has 4 atom stereocenters. The molecule has 0 radical (unpaired) electrons. The van der Waals surface area contributed by atoms with E-state index in [9.17, 15) is 24.4 Å². The van der Waals surface area contributed by atoms with Crippen LogP contribution in [-0.2, 0) is 28.2 Å². The number of nitrogens with zero attached hydrogens (tertiary/aromatic N) is 1. The second kappa shape index (κ2) is 8.71. The third kappa shape index (κ3) is 5.43. The van der Waals surface area contributed by atoms with Gasteiger partial charge in [-0.05, 0) is 28.6 Å². The minimum atomic E-state index is -3.82. The summed E-state index contributed by atoms with van der Waals surface area (Å²) in [6.07, 6.45) is -4.96. The molecule has 1 saturated heterocycles. The number of esters is 1. The van der Waals surface area contributed by atoms with Gasteiger partial charge in [-0.25, -0.2) is 4.79 Å². The zero-order valence-corrected chi connectivity index (χ0v) is 15.9. The van der Waals surface area contributed by atoms with Gasteiger partial charge in [-0.1, -0.05) is 0 Å². The maximum absolute atomic E-state index is 11.8. The number of halogens is 2. The molecule has 0 saturated carbocycles. The summed E-state index contributed by atoms with van der Waals surface area (Å²) < 4.78 is 25.8. The first-order valence-corrected chi connectivity index (χ1v) is 10.7. The van der Waals surface area contributed by atoms with Gasteiger partial charge in [0.15, 0.2) is 6.23 Å². The molecule has 13 heteroatoms. The van der Waals surface area contributed by atoms with Gasteiger partial charge in [0.25, 0.3) is 5.91 Å². The van der Waals surface area contributed by atoms with E-state index in [0.29, 0.717) is 0 Å². The van der Waals surface area contributed by atoms with Gasteiger partial charge in [0.05, 0.1) is 26.0 Å². The number of carbonyl (C=O) groups is 2. The van der Waals surface area contributed by atoms with Crippen molar-refractivity contribution >= 4 is 40.4 Å². The van der Waals surface area contributed by atoms with E-state index in [1.807, 2.05) is 0 Å². The smallest absolute Gasteiger partial charge is 0.380 e. The van der Waals surface area contributed by atoms with Crippen LogP contribution < -0.4 is 5.32 Å². The minimum Gasteiger partial charge on any atom is -0.466 e. The van der Waals surface area contributed by atoms with Gasteiger partial charge < -0.3 is 34.4 Å². The SMILES string of the molecule is COC(=O)C=CC1=CN(C2OC(COP(=O)(Cl)Cl)C(O)C2O)CNC1=O. The van der Waals surface area contributed by atoms with E-state index in [4.69, 9.17) is 31.7 Å². The summed E-state index contributed by atoms with van der Waals surface area (Å²) in [4.78, 5) is 24.4. The lowest BCUT2D eigenvalue weighted by molar-refractivity contribution is -0.134. The van der Waals surface area contributed by atoms with Gasteiger partial charge in [-0.15, -0.1) is 0 Å². The van der Waals surface area contributed by atoms with Crippen LogP contribution in [0.3, 0.4) is 0 Å². The predicted octanol–water partition coefficient (Wildman–Crippen LogP) is 0.0378. The maximum Gasteiger partial charge on any atom is 0.380 e. The van der Waals surface area contributed by atoms with Crippen molar-refractivity contribution in [1.29, 1.82) is 0 Å². The summed E-state index contributed by atoms with van der Waals surface area (Å²) in [7, 11) is 1.20. The molecule has 3 N–H and O–H groups in total. The fourth-order valence-corrected chi connectivity index (χ4v) is 3.02. The van der Waals surface area contributed by atoms with Crippen LogP contribution in [0, 0.1) is 0 Å². The molecule has 2 aliphatic rings. The number of amides is 1. The molecular weight excluding hydrogens is 414 g/mol. The molecule has 0 aromatic carbocycles. The zero-order valence-electron chi connectivity index (χ0n) is 13.4. The number of hydrogen-bond donors (Lipinski definition) is 3. The molecule has 4 unspecified atom stereocenters. The normalized spacial score (nSPS) is 29.7. The molecule has 1 fully saturated rings. The summed E-state index contributed by atoms with van der Waals surface area (Å²) in [5.74, 6) is -1.09.